The Morgan fingerprint density at radius 2 is 2.04 bits per heavy atom. The van der Waals surface area contributed by atoms with Crippen molar-refractivity contribution in [2.24, 2.45) is 0 Å². The predicted octanol–water partition coefficient (Wildman–Crippen LogP) is 4.37. The van der Waals surface area contributed by atoms with E-state index in [1.165, 1.54) is 11.8 Å². The van der Waals surface area contributed by atoms with Crippen molar-refractivity contribution in [2.45, 2.75) is 18.0 Å². The zero-order chi connectivity index (χ0) is 18.7. The van der Waals surface area contributed by atoms with Crippen molar-refractivity contribution in [2.75, 3.05) is 12.9 Å². The first-order valence-electron chi connectivity index (χ1n) is 7.83. The molecular formula is C18H17Cl2NO4S. The van der Waals surface area contributed by atoms with Crippen molar-refractivity contribution in [3.8, 4) is 11.5 Å². The third-order valence-electron chi connectivity index (χ3n) is 3.93. The summed E-state index contributed by atoms with van der Waals surface area (Å²) in [5.41, 5.74) is 1.80. The molecule has 0 spiro atoms. The highest BCUT2D eigenvalue weighted by atomic mass is 35.5. The number of ether oxygens (including phenoxy) is 2. The molecule has 1 aliphatic heterocycles. The lowest BCUT2D eigenvalue weighted by atomic mass is 10.1. The molecule has 1 aliphatic rings. The van der Waals surface area contributed by atoms with Gasteiger partial charge in [-0.25, -0.2) is 0 Å². The summed E-state index contributed by atoms with van der Waals surface area (Å²) in [4.78, 5) is 11.1. The molecule has 5 nitrogen and oxygen atoms in total. The van der Waals surface area contributed by atoms with Gasteiger partial charge in [-0.15, -0.1) is 11.8 Å². The molecule has 1 heterocycles. The number of carbonyl (C=O) groups is 1. The number of carboxylic acids is 1. The van der Waals surface area contributed by atoms with E-state index in [9.17, 15) is 4.79 Å². The van der Waals surface area contributed by atoms with Gasteiger partial charge in [-0.05, 0) is 35.4 Å². The average Bonchev–Trinajstić information content (AvgIpc) is 3.12. The Kier molecular flexibility index (Phi) is 6.19. The molecule has 1 fully saturated rings. The van der Waals surface area contributed by atoms with E-state index in [2.05, 4.69) is 5.32 Å². The first-order valence-corrected chi connectivity index (χ1v) is 9.63. The van der Waals surface area contributed by atoms with Gasteiger partial charge < -0.3 is 14.6 Å². The van der Waals surface area contributed by atoms with E-state index in [4.69, 9.17) is 37.8 Å². The molecule has 0 amide bonds. The number of carboxylic acid groups (broad SMARTS) is 1. The van der Waals surface area contributed by atoms with Crippen molar-refractivity contribution < 1.29 is 19.4 Å². The lowest BCUT2D eigenvalue weighted by Crippen LogP contribution is -2.33. The zero-order valence-corrected chi connectivity index (χ0v) is 16.2. The minimum Gasteiger partial charge on any atom is -0.493 e. The lowest BCUT2D eigenvalue weighted by Gasteiger charge is -2.17. The third kappa shape index (κ3) is 4.38. The predicted molar refractivity (Wildman–Crippen MR) is 104 cm³/mol. The average molecular weight is 414 g/mol. The molecule has 0 radical (unpaired) electrons. The Balaban J connectivity index is 1.77. The van der Waals surface area contributed by atoms with Crippen LogP contribution in [0, 0.1) is 0 Å². The molecule has 2 N–H and O–H groups in total. The van der Waals surface area contributed by atoms with Gasteiger partial charge in [0.05, 0.1) is 17.5 Å². The molecule has 2 aromatic carbocycles. The molecule has 26 heavy (non-hydrogen) atoms. The maximum Gasteiger partial charge on any atom is 0.321 e. The molecule has 138 valence electrons. The number of methoxy groups -OCH3 is 1. The number of nitrogens with one attached hydrogen (secondary N) is 1. The summed E-state index contributed by atoms with van der Waals surface area (Å²) >= 11 is 13.8. The minimum absolute atomic E-state index is 0.159. The van der Waals surface area contributed by atoms with Crippen molar-refractivity contribution in [3.63, 3.8) is 0 Å². The Hall–Kier alpha value is -1.60. The number of hydrogen-bond acceptors (Lipinski definition) is 5. The second-order valence-corrected chi connectivity index (χ2v) is 7.70. The van der Waals surface area contributed by atoms with Crippen LogP contribution in [0.3, 0.4) is 0 Å². The SMILES string of the molecule is COc1cc([C@H]2N[C@@H](C(=O)O)CS2)cc(Cl)c1OCc1ccc(Cl)cc1. The van der Waals surface area contributed by atoms with Crippen LogP contribution in [0.2, 0.25) is 10.0 Å². The van der Waals surface area contributed by atoms with Crippen molar-refractivity contribution in [1.29, 1.82) is 0 Å². The van der Waals surface area contributed by atoms with Crippen LogP contribution >= 0.6 is 35.0 Å². The maximum atomic E-state index is 11.1. The monoisotopic (exact) mass is 413 g/mol. The highest BCUT2D eigenvalue weighted by Crippen LogP contribution is 2.42. The molecule has 0 saturated carbocycles. The van der Waals surface area contributed by atoms with Crippen LogP contribution in [0.25, 0.3) is 0 Å². The van der Waals surface area contributed by atoms with Crippen LogP contribution in [0.15, 0.2) is 36.4 Å². The molecular weight excluding hydrogens is 397 g/mol. The number of halogens is 2. The largest absolute Gasteiger partial charge is 0.493 e. The van der Waals surface area contributed by atoms with Gasteiger partial charge in [-0.1, -0.05) is 35.3 Å². The molecule has 2 aromatic rings. The maximum absolute atomic E-state index is 11.1. The van der Waals surface area contributed by atoms with Crippen LogP contribution in [0.5, 0.6) is 11.5 Å². The smallest absolute Gasteiger partial charge is 0.321 e. The number of benzene rings is 2. The molecule has 3 rings (SSSR count). The van der Waals surface area contributed by atoms with E-state index in [-0.39, 0.29) is 5.37 Å². The number of thioether (sulfide) groups is 1. The van der Waals surface area contributed by atoms with E-state index in [0.717, 1.165) is 11.1 Å². The summed E-state index contributed by atoms with van der Waals surface area (Å²) in [6.07, 6.45) is 0. The number of aliphatic carboxylic acids is 1. The van der Waals surface area contributed by atoms with Crippen molar-refractivity contribution in [3.05, 3.63) is 57.6 Å². The lowest BCUT2D eigenvalue weighted by molar-refractivity contribution is -0.138. The van der Waals surface area contributed by atoms with E-state index in [0.29, 0.717) is 33.9 Å². The normalized spacial score (nSPS) is 19.3. The van der Waals surface area contributed by atoms with E-state index < -0.39 is 12.0 Å². The third-order valence-corrected chi connectivity index (χ3v) is 5.73. The first-order chi connectivity index (χ1) is 12.5. The Bertz CT molecular complexity index is 801. The van der Waals surface area contributed by atoms with Crippen LogP contribution in [-0.2, 0) is 11.4 Å². The van der Waals surface area contributed by atoms with Gasteiger partial charge in [0.1, 0.15) is 12.6 Å². The van der Waals surface area contributed by atoms with Gasteiger partial charge in [0.2, 0.25) is 0 Å². The van der Waals surface area contributed by atoms with Crippen LogP contribution in [0.4, 0.5) is 0 Å². The zero-order valence-electron chi connectivity index (χ0n) is 13.9. The number of rotatable bonds is 6. The van der Waals surface area contributed by atoms with E-state index in [1.807, 2.05) is 18.2 Å². The molecule has 0 bridgehead atoms. The fourth-order valence-electron chi connectivity index (χ4n) is 2.57. The minimum atomic E-state index is -0.860. The highest BCUT2D eigenvalue weighted by molar-refractivity contribution is 7.99. The van der Waals surface area contributed by atoms with Crippen LogP contribution in [-0.4, -0.2) is 30.0 Å². The molecule has 0 aliphatic carbocycles. The van der Waals surface area contributed by atoms with Crippen LogP contribution in [0.1, 0.15) is 16.5 Å². The number of hydrogen-bond donors (Lipinski definition) is 2. The van der Waals surface area contributed by atoms with Gasteiger partial charge >= 0.3 is 5.97 Å². The second kappa shape index (κ2) is 8.39. The van der Waals surface area contributed by atoms with Gasteiger partial charge in [-0.2, -0.15) is 0 Å². The van der Waals surface area contributed by atoms with E-state index >= 15 is 0 Å². The summed E-state index contributed by atoms with van der Waals surface area (Å²) in [5, 5.41) is 13.1. The summed E-state index contributed by atoms with van der Waals surface area (Å²) < 4.78 is 11.3. The Morgan fingerprint density at radius 1 is 1.31 bits per heavy atom. The Labute approximate surface area is 165 Å². The summed E-state index contributed by atoms with van der Waals surface area (Å²) in [6.45, 7) is 0.324. The summed E-state index contributed by atoms with van der Waals surface area (Å²) in [5.74, 6) is 0.587. The molecule has 2 atom stereocenters. The van der Waals surface area contributed by atoms with Gasteiger partial charge in [0, 0.05) is 10.8 Å². The molecule has 1 saturated heterocycles. The van der Waals surface area contributed by atoms with Gasteiger partial charge in [0.25, 0.3) is 0 Å². The van der Waals surface area contributed by atoms with Crippen LogP contribution < -0.4 is 14.8 Å². The van der Waals surface area contributed by atoms with Gasteiger partial charge in [0.15, 0.2) is 11.5 Å². The topological polar surface area (TPSA) is 67.8 Å². The molecule has 0 unspecified atom stereocenters. The molecule has 8 heteroatoms. The van der Waals surface area contributed by atoms with Gasteiger partial charge in [-0.3, -0.25) is 10.1 Å². The first kappa shape index (κ1) is 19.2. The molecule has 0 aromatic heterocycles. The Morgan fingerprint density at radius 3 is 2.65 bits per heavy atom. The fraction of sp³-hybridized carbons (Fsp3) is 0.278. The summed E-state index contributed by atoms with van der Waals surface area (Å²) in [7, 11) is 1.54. The van der Waals surface area contributed by atoms with Crippen molar-refractivity contribution in [1.82, 2.24) is 5.32 Å². The van der Waals surface area contributed by atoms with Crippen molar-refractivity contribution >= 4 is 40.9 Å². The van der Waals surface area contributed by atoms with E-state index in [1.54, 1.807) is 25.3 Å². The quantitative estimate of drug-likeness (QED) is 0.732. The fourth-order valence-corrected chi connectivity index (χ4v) is 4.19. The highest BCUT2D eigenvalue weighted by Gasteiger charge is 2.31. The second-order valence-electron chi connectivity index (χ2n) is 5.72. The summed E-state index contributed by atoms with van der Waals surface area (Å²) in [6, 6.07) is 10.4. The standard InChI is InChI=1S/C18H17Cl2NO4S/c1-24-15-7-11(17-21-14(9-26-17)18(22)23)6-13(20)16(15)25-8-10-2-4-12(19)5-3-10/h2-7,14,17,21H,8-9H2,1H3,(H,22,23)/t14-,17+/m1/s1.